The van der Waals surface area contributed by atoms with Gasteiger partial charge in [0.05, 0.1) is 0 Å². The van der Waals surface area contributed by atoms with Gasteiger partial charge < -0.3 is 9.90 Å². The zero-order valence-corrected chi connectivity index (χ0v) is 7.57. The Morgan fingerprint density at radius 2 is 1.75 bits per heavy atom. The van der Waals surface area contributed by atoms with Gasteiger partial charge in [-0.1, -0.05) is 0 Å². The van der Waals surface area contributed by atoms with Crippen LogP contribution in [0.1, 0.15) is 12.5 Å². The summed E-state index contributed by atoms with van der Waals surface area (Å²) in [5.41, 5.74) is 1.31. The Morgan fingerprint density at radius 3 is 2.00 bits per heavy atom. The topological polar surface area (TPSA) is 44.0 Å². The predicted octanol–water partition coefficient (Wildman–Crippen LogP) is -0.424. The van der Waals surface area contributed by atoms with E-state index >= 15 is 0 Å². The van der Waals surface area contributed by atoms with Crippen LogP contribution in [0.15, 0.2) is 24.5 Å². The molecule has 0 aromatic carbocycles. The quantitative estimate of drug-likeness (QED) is 0.492. The molecule has 0 spiro atoms. The number of aryl methyl sites for hydroxylation is 2. The summed E-state index contributed by atoms with van der Waals surface area (Å²) < 4.78 is 2.02. The fraction of sp³-hybridized carbons (Fsp3) is 0.333. The van der Waals surface area contributed by atoms with Gasteiger partial charge in [-0.05, 0) is 19.4 Å². The van der Waals surface area contributed by atoms with Gasteiger partial charge in [-0.3, -0.25) is 0 Å². The lowest BCUT2D eigenvalue weighted by molar-refractivity contribution is -0.671. The van der Waals surface area contributed by atoms with Crippen LogP contribution in [0, 0.1) is 6.92 Å². The lowest BCUT2D eigenvalue weighted by Gasteiger charge is -1.85. The van der Waals surface area contributed by atoms with Crippen LogP contribution >= 0.6 is 0 Å². The average Bonchev–Trinajstić information content (AvgIpc) is 1.94. The second-order valence-electron chi connectivity index (χ2n) is 2.53. The summed E-state index contributed by atoms with van der Waals surface area (Å²) in [6.45, 7) is 3.06. The highest BCUT2D eigenvalue weighted by Crippen LogP contribution is 1.87. The number of pyridine rings is 1. The van der Waals surface area contributed by atoms with Crippen LogP contribution in [0.5, 0.6) is 0 Å². The third kappa shape index (κ3) is 6.74. The molecule has 0 saturated heterocycles. The van der Waals surface area contributed by atoms with Gasteiger partial charge in [0, 0.05) is 18.1 Å². The second-order valence-corrected chi connectivity index (χ2v) is 2.53. The summed E-state index contributed by atoms with van der Waals surface area (Å²) in [6.07, 6.45) is 4.07. The van der Waals surface area contributed by atoms with E-state index in [9.17, 15) is 0 Å². The van der Waals surface area contributed by atoms with Gasteiger partial charge in [0.15, 0.2) is 12.4 Å². The highest BCUT2D eigenvalue weighted by Gasteiger charge is 1.85. The van der Waals surface area contributed by atoms with E-state index in [-0.39, 0.29) is 0 Å². The maximum atomic E-state index is 8.89. The van der Waals surface area contributed by atoms with Crippen molar-refractivity contribution in [1.29, 1.82) is 0 Å². The van der Waals surface area contributed by atoms with Crippen molar-refractivity contribution in [1.82, 2.24) is 0 Å². The molecule has 1 rings (SSSR count). The normalized spacial score (nSPS) is 8.25. The SMILES string of the molecule is CC(=O)[O-].Cc1cc[n+](C)cc1. The number of nitrogens with zero attached hydrogens (tertiary/aromatic N) is 1. The molecule has 12 heavy (non-hydrogen) atoms. The maximum absolute atomic E-state index is 8.89. The van der Waals surface area contributed by atoms with Crippen molar-refractivity contribution in [3.63, 3.8) is 0 Å². The summed E-state index contributed by atoms with van der Waals surface area (Å²) in [5, 5.41) is 8.89. The van der Waals surface area contributed by atoms with Crippen LogP contribution in [0.3, 0.4) is 0 Å². The van der Waals surface area contributed by atoms with Crippen LogP contribution < -0.4 is 9.67 Å². The Kier molecular flexibility index (Phi) is 4.69. The molecule has 66 valence electrons. The molecule has 0 radical (unpaired) electrons. The van der Waals surface area contributed by atoms with Crippen molar-refractivity contribution in [2.24, 2.45) is 7.05 Å². The Balaban J connectivity index is 0.000000261. The number of hydrogen-bond donors (Lipinski definition) is 0. The van der Waals surface area contributed by atoms with Crippen LogP contribution in [0.2, 0.25) is 0 Å². The van der Waals surface area contributed by atoms with E-state index in [1.807, 2.05) is 24.0 Å². The number of carbonyl (C=O) groups is 1. The highest BCUT2D eigenvalue weighted by molar-refractivity contribution is 5.60. The summed E-state index contributed by atoms with van der Waals surface area (Å²) in [7, 11) is 2.01. The van der Waals surface area contributed by atoms with Crippen molar-refractivity contribution < 1.29 is 14.5 Å². The molecule has 1 heterocycles. The predicted molar refractivity (Wildman–Crippen MR) is 43.0 cm³/mol. The minimum absolute atomic E-state index is 0.972. The van der Waals surface area contributed by atoms with E-state index in [0.29, 0.717) is 0 Å². The second kappa shape index (κ2) is 5.29. The third-order valence-electron chi connectivity index (χ3n) is 1.15. The van der Waals surface area contributed by atoms with Gasteiger partial charge in [-0.15, -0.1) is 0 Å². The zero-order valence-electron chi connectivity index (χ0n) is 7.57. The van der Waals surface area contributed by atoms with Crippen LogP contribution in [-0.2, 0) is 11.8 Å². The summed E-state index contributed by atoms with van der Waals surface area (Å²) in [6, 6.07) is 4.17. The van der Waals surface area contributed by atoms with Crippen molar-refractivity contribution in [2.45, 2.75) is 13.8 Å². The molecule has 0 unspecified atom stereocenters. The first-order valence-electron chi connectivity index (χ1n) is 3.62. The first-order valence-corrected chi connectivity index (χ1v) is 3.62. The Bertz CT molecular complexity index is 216. The van der Waals surface area contributed by atoms with Crippen molar-refractivity contribution >= 4 is 5.97 Å². The number of hydrogen-bond acceptors (Lipinski definition) is 2. The van der Waals surface area contributed by atoms with E-state index in [0.717, 1.165) is 6.92 Å². The number of rotatable bonds is 0. The van der Waals surface area contributed by atoms with Gasteiger partial charge >= 0.3 is 0 Å². The molecule has 1 aromatic heterocycles. The average molecular weight is 167 g/mol. The molecule has 0 fully saturated rings. The third-order valence-corrected chi connectivity index (χ3v) is 1.15. The number of carbonyl (C=O) groups excluding carboxylic acids is 1. The largest absolute Gasteiger partial charge is 0.550 e. The van der Waals surface area contributed by atoms with E-state index in [1.165, 1.54) is 5.56 Å². The molecule has 0 aliphatic heterocycles. The maximum Gasteiger partial charge on any atom is 0.168 e. The van der Waals surface area contributed by atoms with E-state index < -0.39 is 5.97 Å². The van der Waals surface area contributed by atoms with Gasteiger partial charge in [0.1, 0.15) is 7.05 Å². The molecular weight excluding hydrogens is 154 g/mol. The van der Waals surface area contributed by atoms with Crippen molar-refractivity contribution in [3.05, 3.63) is 30.1 Å². The lowest BCUT2D eigenvalue weighted by atomic mass is 10.3. The van der Waals surface area contributed by atoms with Crippen molar-refractivity contribution in [2.75, 3.05) is 0 Å². The van der Waals surface area contributed by atoms with Gasteiger partial charge in [-0.25, -0.2) is 4.57 Å². The molecule has 0 saturated carbocycles. The molecule has 0 atom stereocenters. The highest BCUT2D eigenvalue weighted by atomic mass is 16.4. The first kappa shape index (κ1) is 10.6. The van der Waals surface area contributed by atoms with E-state index in [4.69, 9.17) is 9.90 Å². The van der Waals surface area contributed by atoms with Crippen molar-refractivity contribution in [3.8, 4) is 0 Å². The smallest absolute Gasteiger partial charge is 0.168 e. The minimum Gasteiger partial charge on any atom is -0.550 e. The number of aliphatic carboxylic acids is 1. The molecule has 1 aromatic rings. The summed E-state index contributed by atoms with van der Waals surface area (Å²) >= 11 is 0. The summed E-state index contributed by atoms with van der Waals surface area (Å²) in [5.74, 6) is -1.08. The zero-order chi connectivity index (χ0) is 9.56. The molecule has 3 heteroatoms. The number of carboxylic acid groups (broad SMARTS) is 1. The molecular formula is C9H13NO2. The van der Waals surface area contributed by atoms with Gasteiger partial charge in [0.2, 0.25) is 0 Å². The first-order chi connectivity index (χ1) is 5.52. The van der Waals surface area contributed by atoms with Crippen LogP contribution in [0.4, 0.5) is 0 Å². The fourth-order valence-electron chi connectivity index (χ4n) is 0.576. The summed E-state index contributed by atoms with van der Waals surface area (Å²) in [4.78, 5) is 8.89. The van der Waals surface area contributed by atoms with E-state index in [2.05, 4.69) is 19.1 Å². The molecule has 0 N–H and O–H groups in total. The Morgan fingerprint density at radius 1 is 1.42 bits per heavy atom. The Labute approximate surface area is 72.3 Å². The van der Waals surface area contributed by atoms with Gasteiger partial charge in [-0.2, -0.15) is 0 Å². The van der Waals surface area contributed by atoms with E-state index in [1.54, 1.807) is 0 Å². The molecule has 0 bridgehead atoms. The molecule has 0 amide bonds. The molecule has 3 nitrogen and oxygen atoms in total. The monoisotopic (exact) mass is 167 g/mol. The molecule has 0 aliphatic rings. The standard InChI is InChI=1S/C7H10N.C2H4O2/c1-7-3-5-8(2)6-4-7;1-2(3)4/h3-6H,1-2H3;1H3,(H,3,4)/q+1;/p-1. The van der Waals surface area contributed by atoms with Crippen LogP contribution in [0.25, 0.3) is 0 Å². The Hall–Kier alpha value is -1.38. The van der Waals surface area contributed by atoms with Crippen LogP contribution in [-0.4, -0.2) is 5.97 Å². The van der Waals surface area contributed by atoms with Gasteiger partial charge in [0.25, 0.3) is 0 Å². The fourth-order valence-corrected chi connectivity index (χ4v) is 0.576. The number of aromatic nitrogens is 1. The molecule has 0 aliphatic carbocycles. The minimum atomic E-state index is -1.08. The number of carboxylic acids is 1. The lowest BCUT2D eigenvalue weighted by Crippen LogP contribution is -2.25.